The normalized spacial score (nSPS) is 10.6. The molecule has 1 N–H and O–H groups in total. The number of amides is 1. The highest BCUT2D eigenvalue weighted by atomic mass is 35.5. The molecule has 0 saturated carbocycles. The Morgan fingerprint density at radius 2 is 1.66 bits per heavy atom. The topological polar surface area (TPSA) is 86.2 Å². The Labute approximate surface area is 194 Å². The second kappa shape index (κ2) is 11.2. The maximum atomic E-state index is 12.3. The van der Waals surface area contributed by atoms with Gasteiger partial charge in [0.2, 0.25) is 0 Å². The van der Waals surface area contributed by atoms with Crippen molar-refractivity contribution in [2.45, 2.75) is 0 Å². The van der Waals surface area contributed by atoms with E-state index in [9.17, 15) is 9.59 Å². The van der Waals surface area contributed by atoms with Gasteiger partial charge < -0.3 is 14.2 Å². The van der Waals surface area contributed by atoms with Gasteiger partial charge in [0.05, 0.1) is 23.9 Å². The lowest BCUT2D eigenvalue weighted by atomic mass is 10.2. The molecule has 0 atom stereocenters. The summed E-state index contributed by atoms with van der Waals surface area (Å²) in [7, 11) is 1.54. The van der Waals surface area contributed by atoms with Crippen LogP contribution in [0.1, 0.15) is 15.9 Å². The molecule has 0 aliphatic rings. The number of nitrogens with one attached hydrogen (secondary N) is 1. The predicted molar refractivity (Wildman–Crippen MR) is 122 cm³/mol. The number of rotatable bonds is 8. The number of halogens is 2. The third-order valence-corrected chi connectivity index (χ3v) is 4.62. The number of ether oxygens (including phenoxy) is 3. The van der Waals surface area contributed by atoms with Crippen molar-refractivity contribution in [2.24, 2.45) is 5.10 Å². The van der Waals surface area contributed by atoms with Crippen molar-refractivity contribution in [3.05, 3.63) is 87.9 Å². The number of hydrogen-bond acceptors (Lipinski definition) is 6. The van der Waals surface area contributed by atoms with Crippen LogP contribution in [-0.4, -0.2) is 31.8 Å². The van der Waals surface area contributed by atoms with Gasteiger partial charge in [-0.05, 0) is 72.3 Å². The number of benzene rings is 3. The molecule has 1 amide bonds. The van der Waals surface area contributed by atoms with E-state index in [0.717, 1.165) is 0 Å². The van der Waals surface area contributed by atoms with Crippen LogP contribution >= 0.6 is 23.2 Å². The smallest absolute Gasteiger partial charge is 0.343 e. The fourth-order valence-corrected chi connectivity index (χ4v) is 2.81. The van der Waals surface area contributed by atoms with E-state index in [1.165, 1.54) is 12.3 Å². The summed E-state index contributed by atoms with van der Waals surface area (Å²) in [6.45, 7) is -0.208. The zero-order chi connectivity index (χ0) is 22.9. The van der Waals surface area contributed by atoms with Gasteiger partial charge >= 0.3 is 5.97 Å². The highest BCUT2D eigenvalue weighted by Gasteiger charge is 2.11. The van der Waals surface area contributed by atoms with Gasteiger partial charge in [-0.3, -0.25) is 4.79 Å². The fourth-order valence-electron chi connectivity index (χ4n) is 2.46. The van der Waals surface area contributed by atoms with Gasteiger partial charge in [-0.25, -0.2) is 10.2 Å². The van der Waals surface area contributed by atoms with E-state index in [-0.39, 0.29) is 17.4 Å². The second-order valence-electron chi connectivity index (χ2n) is 6.34. The first kappa shape index (κ1) is 23.1. The van der Waals surface area contributed by atoms with E-state index >= 15 is 0 Å². The minimum absolute atomic E-state index is 0.199. The second-order valence-corrected chi connectivity index (χ2v) is 7.19. The zero-order valence-corrected chi connectivity index (χ0v) is 18.4. The largest absolute Gasteiger partial charge is 0.497 e. The Balaban J connectivity index is 1.51. The molecule has 164 valence electrons. The van der Waals surface area contributed by atoms with Crippen LogP contribution in [-0.2, 0) is 4.79 Å². The highest BCUT2D eigenvalue weighted by Crippen LogP contribution is 2.26. The molecule has 9 heteroatoms. The molecule has 3 aromatic rings. The van der Waals surface area contributed by atoms with E-state index in [1.807, 2.05) is 0 Å². The summed E-state index contributed by atoms with van der Waals surface area (Å²) in [6.07, 6.45) is 1.40. The van der Waals surface area contributed by atoms with Gasteiger partial charge in [-0.2, -0.15) is 5.10 Å². The molecule has 3 rings (SSSR count). The molecule has 32 heavy (non-hydrogen) atoms. The maximum Gasteiger partial charge on any atom is 0.343 e. The molecule has 0 radical (unpaired) electrons. The highest BCUT2D eigenvalue weighted by molar-refractivity contribution is 6.32. The number of carbonyl (C=O) groups excluding carboxylic acids is 2. The van der Waals surface area contributed by atoms with Gasteiger partial charge in [0.1, 0.15) is 17.2 Å². The van der Waals surface area contributed by atoms with Crippen LogP contribution in [0.4, 0.5) is 0 Å². The lowest BCUT2D eigenvalue weighted by molar-refractivity contribution is -0.123. The van der Waals surface area contributed by atoms with Crippen LogP contribution in [0.5, 0.6) is 17.2 Å². The summed E-state index contributed by atoms with van der Waals surface area (Å²) in [5.74, 6) is 0.355. The molecule has 7 nitrogen and oxygen atoms in total. The Morgan fingerprint density at radius 1 is 0.969 bits per heavy atom. The molecule has 3 aromatic carbocycles. The van der Waals surface area contributed by atoms with Crippen LogP contribution in [0.15, 0.2) is 71.8 Å². The molecule has 0 saturated heterocycles. The van der Waals surface area contributed by atoms with Gasteiger partial charge in [-0.1, -0.05) is 23.2 Å². The molecule has 0 aromatic heterocycles. The summed E-state index contributed by atoms with van der Waals surface area (Å²) < 4.78 is 15.7. The van der Waals surface area contributed by atoms with Crippen LogP contribution in [0.2, 0.25) is 10.0 Å². The average molecular weight is 473 g/mol. The Kier molecular flexibility index (Phi) is 8.08. The van der Waals surface area contributed by atoms with Crippen molar-refractivity contribution in [3.63, 3.8) is 0 Å². The van der Waals surface area contributed by atoms with Crippen molar-refractivity contribution in [2.75, 3.05) is 13.7 Å². The van der Waals surface area contributed by atoms with E-state index in [1.54, 1.807) is 67.8 Å². The first-order valence-electron chi connectivity index (χ1n) is 9.30. The number of hydrazone groups is 1. The first-order valence-corrected chi connectivity index (χ1v) is 10.1. The van der Waals surface area contributed by atoms with Crippen LogP contribution < -0.4 is 19.6 Å². The van der Waals surface area contributed by atoms with Gasteiger partial charge in [0, 0.05) is 5.02 Å². The Bertz CT molecular complexity index is 1120. The number of esters is 1. The molecule has 0 aliphatic carbocycles. The minimum atomic E-state index is -0.552. The summed E-state index contributed by atoms with van der Waals surface area (Å²) in [4.78, 5) is 24.1. The van der Waals surface area contributed by atoms with E-state index in [0.29, 0.717) is 27.6 Å². The van der Waals surface area contributed by atoms with Crippen molar-refractivity contribution in [1.29, 1.82) is 0 Å². The lowest BCUT2D eigenvalue weighted by Gasteiger charge is -2.07. The van der Waals surface area contributed by atoms with Crippen molar-refractivity contribution in [3.8, 4) is 17.2 Å². The third-order valence-electron chi connectivity index (χ3n) is 4.07. The summed E-state index contributed by atoms with van der Waals surface area (Å²) in [5, 5.41) is 4.65. The number of methoxy groups -OCH3 is 1. The first-order chi connectivity index (χ1) is 15.4. The zero-order valence-electron chi connectivity index (χ0n) is 16.9. The SMILES string of the molecule is COc1ccc(C(=O)Oc2ccc(/C=N\NC(=O)COc3ccc(Cl)cc3)cc2Cl)cc1. The molecular formula is C23H18Cl2N2O5. The van der Waals surface area contributed by atoms with Crippen LogP contribution in [0.25, 0.3) is 0 Å². The van der Waals surface area contributed by atoms with E-state index in [2.05, 4.69) is 10.5 Å². The van der Waals surface area contributed by atoms with Gasteiger partial charge in [0.25, 0.3) is 5.91 Å². The summed E-state index contributed by atoms with van der Waals surface area (Å²) >= 11 is 12.0. The molecule has 0 bridgehead atoms. The molecular weight excluding hydrogens is 455 g/mol. The summed E-state index contributed by atoms with van der Waals surface area (Å²) in [6, 6.07) is 17.9. The van der Waals surface area contributed by atoms with Crippen molar-refractivity contribution in [1.82, 2.24) is 5.43 Å². The Hall–Kier alpha value is -3.55. The fraction of sp³-hybridized carbons (Fsp3) is 0.0870. The predicted octanol–water partition coefficient (Wildman–Crippen LogP) is 4.75. The van der Waals surface area contributed by atoms with E-state index < -0.39 is 11.9 Å². The summed E-state index contributed by atoms with van der Waals surface area (Å²) in [5.41, 5.74) is 3.30. The lowest BCUT2D eigenvalue weighted by Crippen LogP contribution is -2.24. The molecule has 0 unspecified atom stereocenters. The number of hydrogen-bond donors (Lipinski definition) is 1. The van der Waals surface area contributed by atoms with Crippen molar-refractivity contribution >= 4 is 41.3 Å². The van der Waals surface area contributed by atoms with Crippen LogP contribution in [0, 0.1) is 0 Å². The molecule has 0 aliphatic heterocycles. The number of carbonyl (C=O) groups is 2. The third kappa shape index (κ3) is 6.73. The van der Waals surface area contributed by atoms with Gasteiger partial charge in [-0.15, -0.1) is 0 Å². The molecule has 0 fully saturated rings. The monoisotopic (exact) mass is 472 g/mol. The quantitative estimate of drug-likeness (QED) is 0.221. The van der Waals surface area contributed by atoms with Crippen LogP contribution in [0.3, 0.4) is 0 Å². The van der Waals surface area contributed by atoms with E-state index in [4.69, 9.17) is 37.4 Å². The van der Waals surface area contributed by atoms with Crippen molar-refractivity contribution < 1.29 is 23.8 Å². The van der Waals surface area contributed by atoms with Gasteiger partial charge in [0.15, 0.2) is 6.61 Å². The molecule has 0 spiro atoms. The maximum absolute atomic E-state index is 12.3. The minimum Gasteiger partial charge on any atom is -0.497 e. The Morgan fingerprint density at radius 3 is 2.31 bits per heavy atom. The molecule has 0 heterocycles. The number of nitrogens with zero attached hydrogens (tertiary/aromatic N) is 1. The average Bonchev–Trinajstić information content (AvgIpc) is 2.80. The standard InChI is InChI=1S/C23H18Cl2N2O5/c1-30-18-7-3-16(4-8-18)23(29)32-21-11-2-15(12-20(21)25)13-26-27-22(28)14-31-19-9-5-17(24)6-10-19/h2-13H,14H2,1H3,(H,27,28)/b26-13-.